The van der Waals surface area contributed by atoms with Crippen LogP contribution >= 0.6 is 0 Å². The molecule has 1 fully saturated rings. The third-order valence-corrected chi connectivity index (χ3v) is 5.52. The number of guanidine groups is 1. The van der Waals surface area contributed by atoms with Crippen molar-refractivity contribution in [3.63, 3.8) is 0 Å². The fraction of sp³-hybridized carbons (Fsp3) is 0.562. The number of rotatable bonds is 5. The Labute approximate surface area is 143 Å². The second kappa shape index (κ2) is 7.96. The summed E-state index contributed by atoms with van der Waals surface area (Å²) in [5.41, 5.74) is 7.78. The first-order chi connectivity index (χ1) is 11.3. The van der Waals surface area contributed by atoms with Crippen molar-refractivity contribution in [2.45, 2.75) is 33.0 Å². The Bertz CT molecular complexity index is 663. The highest BCUT2D eigenvalue weighted by molar-refractivity contribution is 7.89. The largest absolute Gasteiger partial charge is 0.373 e. The summed E-state index contributed by atoms with van der Waals surface area (Å²) < 4.78 is 31.8. The number of hydrogen-bond acceptors (Lipinski definition) is 4. The monoisotopic (exact) mass is 354 g/mol. The second-order valence-electron chi connectivity index (χ2n) is 6.15. The van der Waals surface area contributed by atoms with Gasteiger partial charge in [0, 0.05) is 18.8 Å². The minimum absolute atomic E-state index is 0.0667. The molecule has 0 aliphatic carbocycles. The lowest BCUT2D eigenvalue weighted by Crippen LogP contribution is -2.49. The van der Waals surface area contributed by atoms with Crippen LogP contribution in [0.25, 0.3) is 0 Å². The summed E-state index contributed by atoms with van der Waals surface area (Å²) in [6.45, 7) is 6.63. The average Bonchev–Trinajstić information content (AvgIpc) is 2.48. The number of morpholine rings is 1. The van der Waals surface area contributed by atoms with Crippen LogP contribution in [-0.4, -0.2) is 56.3 Å². The molecule has 1 aromatic carbocycles. The Morgan fingerprint density at radius 2 is 1.88 bits per heavy atom. The van der Waals surface area contributed by atoms with E-state index in [-0.39, 0.29) is 30.5 Å². The highest BCUT2D eigenvalue weighted by Crippen LogP contribution is 2.14. The van der Waals surface area contributed by atoms with Gasteiger partial charge in [-0.2, -0.15) is 4.31 Å². The van der Waals surface area contributed by atoms with Crippen molar-refractivity contribution in [1.82, 2.24) is 4.31 Å². The summed E-state index contributed by atoms with van der Waals surface area (Å²) in [5, 5.41) is 2.95. The van der Waals surface area contributed by atoms with Crippen LogP contribution in [0.2, 0.25) is 0 Å². The first kappa shape index (κ1) is 18.7. The molecule has 24 heavy (non-hydrogen) atoms. The van der Waals surface area contributed by atoms with E-state index in [1.807, 2.05) is 45.0 Å². The zero-order chi connectivity index (χ0) is 17.7. The molecule has 7 nitrogen and oxygen atoms in total. The molecule has 2 rings (SSSR count). The summed E-state index contributed by atoms with van der Waals surface area (Å²) in [5.74, 6) is 0.140. The number of aliphatic imine (C=N–C) groups is 1. The summed E-state index contributed by atoms with van der Waals surface area (Å²) in [6, 6.07) is 7.71. The lowest BCUT2D eigenvalue weighted by Gasteiger charge is -2.34. The van der Waals surface area contributed by atoms with Crippen molar-refractivity contribution in [2.75, 3.05) is 30.7 Å². The first-order valence-electron chi connectivity index (χ1n) is 8.03. The van der Waals surface area contributed by atoms with Gasteiger partial charge in [0.15, 0.2) is 5.96 Å². The van der Waals surface area contributed by atoms with Crippen LogP contribution in [0.15, 0.2) is 29.3 Å². The van der Waals surface area contributed by atoms with E-state index >= 15 is 0 Å². The minimum Gasteiger partial charge on any atom is -0.373 e. The molecular formula is C16H26N4O3S. The Morgan fingerprint density at radius 1 is 1.29 bits per heavy atom. The maximum absolute atomic E-state index is 12.4. The van der Waals surface area contributed by atoms with Crippen molar-refractivity contribution >= 4 is 21.7 Å². The van der Waals surface area contributed by atoms with Gasteiger partial charge in [0.25, 0.3) is 0 Å². The lowest BCUT2D eigenvalue weighted by molar-refractivity contribution is -0.0440. The van der Waals surface area contributed by atoms with E-state index in [0.717, 1.165) is 11.3 Å². The molecule has 3 N–H and O–H groups in total. The van der Waals surface area contributed by atoms with Gasteiger partial charge in [-0.05, 0) is 32.9 Å². The van der Waals surface area contributed by atoms with Crippen LogP contribution in [0.4, 0.5) is 5.69 Å². The van der Waals surface area contributed by atoms with E-state index in [1.165, 1.54) is 4.31 Å². The van der Waals surface area contributed by atoms with Gasteiger partial charge in [-0.1, -0.05) is 17.7 Å². The van der Waals surface area contributed by atoms with Crippen LogP contribution in [0.3, 0.4) is 0 Å². The summed E-state index contributed by atoms with van der Waals surface area (Å²) in [6.07, 6.45) is -0.194. The van der Waals surface area contributed by atoms with Crippen LogP contribution < -0.4 is 11.1 Å². The standard InChI is InChI=1S/C16H26N4O3S/c1-12-4-6-15(7-5-12)19-16(17)18-8-9-24(21,22)20-10-13(2)23-14(3)11-20/h4-7,13-14H,8-11H2,1-3H3,(H3,17,18,19). The van der Waals surface area contributed by atoms with E-state index in [2.05, 4.69) is 10.3 Å². The van der Waals surface area contributed by atoms with Crippen LogP contribution in [0.1, 0.15) is 19.4 Å². The van der Waals surface area contributed by atoms with E-state index in [0.29, 0.717) is 13.1 Å². The number of hydrogen-bond donors (Lipinski definition) is 2. The number of anilines is 1. The van der Waals surface area contributed by atoms with Crippen molar-refractivity contribution in [3.05, 3.63) is 29.8 Å². The zero-order valence-corrected chi connectivity index (χ0v) is 15.2. The summed E-state index contributed by atoms with van der Waals surface area (Å²) in [4.78, 5) is 4.11. The molecule has 0 spiro atoms. The molecule has 1 aliphatic heterocycles. The van der Waals surface area contributed by atoms with Crippen LogP contribution in [0.5, 0.6) is 0 Å². The molecule has 2 unspecified atom stereocenters. The molecule has 8 heteroatoms. The number of aryl methyl sites for hydroxylation is 1. The molecule has 2 atom stereocenters. The second-order valence-corrected chi connectivity index (χ2v) is 8.24. The van der Waals surface area contributed by atoms with Gasteiger partial charge in [-0.3, -0.25) is 4.99 Å². The van der Waals surface area contributed by atoms with E-state index in [4.69, 9.17) is 10.5 Å². The first-order valence-corrected chi connectivity index (χ1v) is 9.64. The van der Waals surface area contributed by atoms with Crippen LogP contribution in [0, 0.1) is 6.92 Å². The third-order valence-electron chi connectivity index (χ3n) is 3.73. The number of nitrogens with one attached hydrogen (secondary N) is 1. The van der Waals surface area contributed by atoms with Gasteiger partial charge < -0.3 is 15.8 Å². The van der Waals surface area contributed by atoms with Gasteiger partial charge in [0.1, 0.15) is 0 Å². The fourth-order valence-electron chi connectivity index (χ4n) is 2.59. The van der Waals surface area contributed by atoms with Crippen molar-refractivity contribution in [2.24, 2.45) is 10.7 Å². The fourth-order valence-corrected chi connectivity index (χ4v) is 4.05. The van der Waals surface area contributed by atoms with E-state index in [9.17, 15) is 8.42 Å². The maximum atomic E-state index is 12.4. The van der Waals surface area contributed by atoms with E-state index < -0.39 is 10.0 Å². The number of nitrogens with zero attached hydrogens (tertiary/aromatic N) is 2. The van der Waals surface area contributed by atoms with Gasteiger partial charge in [-0.25, -0.2) is 8.42 Å². The average molecular weight is 354 g/mol. The molecule has 1 aliphatic rings. The Morgan fingerprint density at radius 3 is 2.46 bits per heavy atom. The number of ether oxygens (including phenoxy) is 1. The highest BCUT2D eigenvalue weighted by atomic mass is 32.2. The Kier molecular flexibility index (Phi) is 6.20. The predicted octanol–water partition coefficient (Wildman–Crippen LogP) is 1.16. The molecule has 0 radical (unpaired) electrons. The predicted molar refractivity (Wildman–Crippen MR) is 96.7 cm³/mol. The molecule has 1 saturated heterocycles. The molecule has 0 bridgehead atoms. The normalized spacial score (nSPS) is 23.2. The summed E-state index contributed by atoms with van der Waals surface area (Å²) in [7, 11) is -3.36. The zero-order valence-electron chi connectivity index (χ0n) is 14.4. The van der Waals surface area contributed by atoms with Gasteiger partial charge >= 0.3 is 0 Å². The Hall–Kier alpha value is -1.64. The highest BCUT2D eigenvalue weighted by Gasteiger charge is 2.30. The van der Waals surface area contributed by atoms with E-state index in [1.54, 1.807) is 0 Å². The smallest absolute Gasteiger partial charge is 0.216 e. The molecule has 1 heterocycles. The molecular weight excluding hydrogens is 328 g/mol. The van der Waals surface area contributed by atoms with Gasteiger partial charge in [0.2, 0.25) is 10.0 Å². The molecule has 1 aromatic rings. The quantitative estimate of drug-likeness (QED) is 0.611. The third kappa shape index (κ3) is 5.47. The van der Waals surface area contributed by atoms with Gasteiger partial charge in [0.05, 0.1) is 24.5 Å². The molecule has 134 valence electrons. The van der Waals surface area contributed by atoms with Crippen LogP contribution in [-0.2, 0) is 14.8 Å². The Balaban J connectivity index is 1.88. The van der Waals surface area contributed by atoms with Crippen molar-refractivity contribution in [3.8, 4) is 0 Å². The minimum atomic E-state index is -3.36. The number of benzene rings is 1. The molecule has 0 aromatic heterocycles. The van der Waals surface area contributed by atoms with Crippen molar-refractivity contribution < 1.29 is 13.2 Å². The van der Waals surface area contributed by atoms with Crippen molar-refractivity contribution in [1.29, 1.82) is 0 Å². The SMILES string of the molecule is Cc1ccc(NC(N)=NCCS(=O)(=O)N2CC(C)OC(C)C2)cc1. The lowest BCUT2D eigenvalue weighted by atomic mass is 10.2. The number of sulfonamides is 1. The topological polar surface area (TPSA) is 97.0 Å². The molecule has 0 amide bonds. The number of nitrogens with two attached hydrogens (primary N) is 1. The molecule has 0 saturated carbocycles. The van der Waals surface area contributed by atoms with Gasteiger partial charge in [-0.15, -0.1) is 0 Å². The maximum Gasteiger partial charge on any atom is 0.216 e. The summed E-state index contributed by atoms with van der Waals surface area (Å²) >= 11 is 0.